The first-order valence-corrected chi connectivity index (χ1v) is 10.3. The Kier molecular flexibility index (Phi) is 13.5. The second-order valence-corrected chi connectivity index (χ2v) is 8.00. The zero-order valence-corrected chi connectivity index (χ0v) is 19.0. The molecule has 2 atom stereocenters. The molecule has 0 spiro atoms. The smallest absolute Gasteiger partial charge is 0.250 e. The van der Waals surface area contributed by atoms with Gasteiger partial charge in [0.25, 0.3) is 5.91 Å². The van der Waals surface area contributed by atoms with Gasteiger partial charge in [-0.3, -0.25) is 9.69 Å². The van der Waals surface area contributed by atoms with Crippen molar-refractivity contribution < 1.29 is 15.0 Å². The third-order valence-electron chi connectivity index (χ3n) is 4.58. The first-order chi connectivity index (χ1) is 13.0. The molecule has 0 aliphatic rings. The fourth-order valence-electron chi connectivity index (χ4n) is 2.92. The lowest BCUT2D eigenvalue weighted by atomic mass is 10.0. The van der Waals surface area contributed by atoms with Crippen LogP contribution in [0.5, 0.6) is 0 Å². The van der Waals surface area contributed by atoms with Crippen LogP contribution in [0.2, 0.25) is 0 Å². The van der Waals surface area contributed by atoms with Gasteiger partial charge in [0.05, 0.1) is 0 Å². The Morgan fingerprint density at radius 3 is 1.54 bits per heavy atom. The van der Waals surface area contributed by atoms with E-state index in [-0.39, 0.29) is 5.91 Å². The average Bonchev–Trinajstić information content (AvgIpc) is 2.53. The summed E-state index contributed by atoms with van der Waals surface area (Å²) in [5.41, 5.74) is 5.13. The Hall–Kier alpha value is -1.65. The van der Waals surface area contributed by atoms with E-state index in [0.29, 0.717) is 0 Å². The maximum Gasteiger partial charge on any atom is 0.250 e. The molecular formula is C24H41NO3. The van der Waals surface area contributed by atoms with Crippen LogP contribution in [0.3, 0.4) is 0 Å². The maximum atomic E-state index is 12.2. The summed E-state index contributed by atoms with van der Waals surface area (Å²) >= 11 is 0. The fourth-order valence-corrected chi connectivity index (χ4v) is 2.92. The largest absolute Gasteiger partial charge is 0.374 e. The van der Waals surface area contributed by atoms with Crippen molar-refractivity contribution in [3.8, 4) is 0 Å². The topological polar surface area (TPSA) is 60.8 Å². The normalized spacial score (nSPS) is 15.2. The first-order valence-electron chi connectivity index (χ1n) is 10.3. The van der Waals surface area contributed by atoms with E-state index in [2.05, 4.69) is 45.9 Å². The Morgan fingerprint density at radius 2 is 1.14 bits per heavy atom. The highest BCUT2D eigenvalue weighted by atomic mass is 16.3. The lowest BCUT2D eigenvalue weighted by molar-refractivity contribution is -0.150. The summed E-state index contributed by atoms with van der Waals surface area (Å²) in [5.74, 6) is -0.364. The molecule has 0 bridgehead atoms. The minimum Gasteiger partial charge on any atom is -0.374 e. The van der Waals surface area contributed by atoms with E-state index in [9.17, 15) is 15.0 Å². The van der Waals surface area contributed by atoms with Crippen LogP contribution in [-0.2, 0) is 4.79 Å². The lowest BCUT2D eigenvalue weighted by Gasteiger charge is -2.27. The summed E-state index contributed by atoms with van der Waals surface area (Å²) in [6, 6.07) is 0. The Balaban J connectivity index is 4.39. The van der Waals surface area contributed by atoms with E-state index >= 15 is 0 Å². The van der Waals surface area contributed by atoms with E-state index in [1.807, 2.05) is 6.92 Å². The van der Waals surface area contributed by atoms with E-state index in [1.165, 1.54) is 36.6 Å². The van der Waals surface area contributed by atoms with Crippen LogP contribution in [0.15, 0.2) is 46.6 Å². The molecule has 0 aliphatic carbocycles. The van der Waals surface area contributed by atoms with E-state index in [0.717, 1.165) is 49.0 Å². The Labute approximate surface area is 172 Å². The molecule has 0 saturated heterocycles. The van der Waals surface area contributed by atoms with Gasteiger partial charge in [-0.05, 0) is 87.0 Å². The van der Waals surface area contributed by atoms with Crippen LogP contribution < -0.4 is 0 Å². The van der Waals surface area contributed by atoms with Crippen molar-refractivity contribution in [3.05, 3.63) is 46.6 Å². The standard InChI is InChI=1S/C24H41NO3/c1-18(2)11-8-12-19(3)13-9-14-20(4)15-10-16-21(5)17-24(28)25(22(6)26)23(7)27/h11,13,15,17,22-23,26-27H,8-10,12,14,16H2,1-7H3. The molecule has 0 fully saturated rings. The summed E-state index contributed by atoms with van der Waals surface area (Å²) in [6.45, 7) is 13.5. The van der Waals surface area contributed by atoms with Crippen molar-refractivity contribution in [1.82, 2.24) is 4.90 Å². The summed E-state index contributed by atoms with van der Waals surface area (Å²) in [5, 5.41) is 19.2. The van der Waals surface area contributed by atoms with Gasteiger partial charge in [0.15, 0.2) is 0 Å². The molecule has 0 aromatic carbocycles. The molecular weight excluding hydrogens is 350 g/mol. The summed E-state index contributed by atoms with van der Waals surface area (Å²) in [4.78, 5) is 13.2. The lowest BCUT2D eigenvalue weighted by Crippen LogP contribution is -2.43. The molecule has 0 radical (unpaired) electrons. The molecule has 4 nitrogen and oxygen atoms in total. The van der Waals surface area contributed by atoms with Crippen molar-refractivity contribution >= 4 is 5.91 Å². The molecule has 0 rings (SSSR count). The Morgan fingerprint density at radius 1 is 0.750 bits per heavy atom. The highest BCUT2D eigenvalue weighted by Gasteiger charge is 2.20. The third-order valence-corrected chi connectivity index (χ3v) is 4.58. The number of carbonyl (C=O) groups is 1. The first kappa shape index (κ1) is 26.4. The second kappa shape index (κ2) is 14.4. The quantitative estimate of drug-likeness (QED) is 0.257. The molecule has 2 N–H and O–H groups in total. The number of nitrogens with zero attached hydrogens (tertiary/aromatic N) is 1. The minimum atomic E-state index is -1.02. The van der Waals surface area contributed by atoms with E-state index in [1.54, 1.807) is 0 Å². The van der Waals surface area contributed by atoms with Gasteiger partial charge in [-0.15, -0.1) is 0 Å². The SMILES string of the molecule is CC(C)=CCCC(C)=CCCC(C)=CCCC(C)=CC(=O)N(C(C)O)C(C)O. The van der Waals surface area contributed by atoms with Crippen LogP contribution in [-0.4, -0.2) is 33.5 Å². The molecule has 0 heterocycles. The van der Waals surface area contributed by atoms with Crippen LogP contribution in [0.4, 0.5) is 0 Å². The average molecular weight is 392 g/mol. The molecule has 2 unspecified atom stereocenters. The maximum absolute atomic E-state index is 12.2. The Bertz CT molecular complexity index is 583. The van der Waals surface area contributed by atoms with Crippen molar-refractivity contribution in [2.24, 2.45) is 0 Å². The number of allylic oxidation sites excluding steroid dienone is 7. The fraction of sp³-hybridized carbons (Fsp3) is 0.625. The van der Waals surface area contributed by atoms with E-state index in [4.69, 9.17) is 0 Å². The number of rotatable bonds is 12. The summed E-state index contributed by atoms with van der Waals surface area (Å²) in [6.07, 6.45) is 12.3. The summed E-state index contributed by atoms with van der Waals surface area (Å²) in [7, 11) is 0. The molecule has 160 valence electrons. The molecule has 0 aromatic heterocycles. The zero-order valence-electron chi connectivity index (χ0n) is 19.0. The number of aliphatic hydroxyl groups is 2. The third kappa shape index (κ3) is 12.7. The van der Waals surface area contributed by atoms with Gasteiger partial charge in [-0.1, -0.05) is 40.5 Å². The van der Waals surface area contributed by atoms with Crippen molar-refractivity contribution in [2.75, 3.05) is 0 Å². The van der Waals surface area contributed by atoms with Crippen LogP contribution >= 0.6 is 0 Å². The number of carbonyl (C=O) groups excluding carboxylic acids is 1. The summed E-state index contributed by atoms with van der Waals surface area (Å²) < 4.78 is 0. The van der Waals surface area contributed by atoms with E-state index < -0.39 is 12.5 Å². The van der Waals surface area contributed by atoms with Crippen molar-refractivity contribution in [3.63, 3.8) is 0 Å². The monoisotopic (exact) mass is 391 g/mol. The molecule has 0 saturated carbocycles. The number of hydrogen-bond acceptors (Lipinski definition) is 3. The predicted octanol–water partition coefficient (Wildman–Crippen LogP) is 5.64. The van der Waals surface area contributed by atoms with Gasteiger partial charge in [-0.2, -0.15) is 0 Å². The van der Waals surface area contributed by atoms with Crippen LogP contribution in [0.25, 0.3) is 0 Å². The van der Waals surface area contributed by atoms with Crippen LogP contribution in [0, 0.1) is 0 Å². The molecule has 0 aromatic rings. The van der Waals surface area contributed by atoms with Gasteiger partial charge in [-0.25, -0.2) is 0 Å². The van der Waals surface area contributed by atoms with Crippen molar-refractivity contribution in [2.45, 2.75) is 99.4 Å². The van der Waals surface area contributed by atoms with Gasteiger partial charge >= 0.3 is 0 Å². The number of hydrogen-bond donors (Lipinski definition) is 2. The van der Waals surface area contributed by atoms with Gasteiger partial charge < -0.3 is 10.2 Å². The van der Waals surface area contributed by atoms with Gasteiger partial charge in [0.1, 0.15) is 12.5 Å². The van der Waals surface area contributed by atoms with Gasteiger partial charge in [0.2, 0.25) is 0 Å². The highest BCUT2D eigenvalue weighted by molar-refractivity contribution is 5.88. The minimum absolute atomic E-state index is 0.364. The molecule has 0 aliphatic heterocycles. The molecule has 4 heteroatoms. The number of amides is 1. The second-order valence-electron chi connectivity index (χ2n) is 8.00. The van der Waals surface area contributed by atoms with Crippen molar-refractivity contribution in [1.29, 1.82) is 0 Å². The molecule has 28 heavy (non-hydrogen) atoms. The van der Waals surface area contributed by atoms with Crippen LogP contribution in [0.1, 0.15) is 87.0 Å². The zero-order chi connectivity index (χ0) is 21.7. The van der Waals surface area contributed by atoms with Gasteiger partial charge in [0, 0.05) is 6.08 Å². The highest BCUT2D eigenvalue weighted by Crippen LogP contribution is 2.14. The number of aliphatic hydroxyl groups excluding tert-OH is 2. The predicted molar refractivity (Wildman–Crippen MR) is 119 cm³/mol. The molecule has 1 amide bonds.